The van der Waals surface area contributed by atoms with E-state index >= 15 is 0 Å². The van der Waals surface area contributed by atoms with E-state index in [1.807, 2.05) is 26.8 Å². The van der Waals surface area contributed by atoms with Gasteiger partial charge >= 0.3 is 11.6 Å². The van der Waals surface area contributed by atoms with E-state index in [9.17, 15) is 19.5 Å². The molecule has 0 bridgehead atoms. The molecular formula is C25H29NO6. The summed E-state index contributed by atoms with van der Waals surface area (Å²) in [5, 5.41) is 13.8. The largest absolute Gasteiger partial charge is 0.480 e. The average molecular weight is 440 g/mol. The zero-order valence-corrected chi connectivity index (χ0v) is 19.0. The molecule has 0 spiro atoms. The minimum atomic E-state index is -1.09. The number of carbonyl (C=O) groups excluding carboxylic acids is 1. The molecule has 170 valence electrons. The fourth-order valence-electron chi connectivity index (χ4n) is 4.69. The fraction of sp³-hybridized carbons (Fsp3) is 0.480. The van der Waals surface area contributed by atoms with Gasteiger partial charge in [-0.05, 0) is 50.7 Å². The van der Waals surface area contributed by atoms with Gasteiger partial charge < -0.3 is 19.3 Å². The highest BCUT2D eigenvalue weighted by atomic mass is 16.4. The molecule has 3 aromatic rings. The third-order valence-corrected chi connectivity index (χ3v) is 6.86. The molecule has 2 aromatic heterocycles. The minimum Gasteiger partial charge on any atom is -0.480 e. The first-order valence-electron chi connectivity index (χ1n) is 11.2. The predicted molar refractivity (Wildman–Crippen MR) is 121 cm³/mol. The molecule has 0 saturated carbocycles. The van der Waals surface area contributed by atoms with Gasteiger partial charge in [-0.3, -0.25) is 4.79 Å². The van der Waals surface area contributed by atoms with Gasteiger partial charge in [0.15, 0.2) is 0 Å². The first-order valence-corrected chi connectivity index (χ1v) is 11.2. The smallest absolute Gasteiger partial charge is 0.340 e. The second-order valence-corrected chi connectivity index (χ2v) is 8.90. The number of carbonyl (C=O) groups is 2. The first-order chi connectivity index (χ1) is 15.2. The van der Waals surface area contributed by atoms with Crippen molar-refractivity contribution in [2.75, 3.05) is 0 Å². The number of aryl methyl sites for hydroxylation is 4. The second kappa shape index (κ2) is 8.45. The topological polar surface area (TPSA) is 110 Å². The maximum Gasteiger partial charge on any atom is 0.340 e. The number of hydrogen-bond acceptors (Lipinski definition) is 5. The number of rotatable bonds is 6. The van der Waals surface area contributed by atoms with Crippen LogP contribution in [0.4, 0.5) is 0 Å². The van der Waals surface area contributed by atoms with Crippen molar-refractivity contribution in [2.45, 2.75) is 72.3 Å². The first kappa shape index (κ1) is 22.1. The zero-order chi connectivity index (χ0) is 23.2. The van der Waals surface area contributed by atoms with Gasteiger partial charge in [-0.15, -0.1) is 0 Å². The summed E-state index contributed by atoms with van der Waals surface area (Å²) in [6.45, 7) is 7.34. The molecule has 1 aliphatic carbocycles. The van der Waals surface area contributed by atoms with E-state index < -0.39 is 23.5 Å². The molecule has 2 N–H and O–H groups in total. The molecule has 1 aromatic carbocycles. The standard InChI is InChI=1S/C25H29NO6/c1-5-12(2)21(24(28)29)26-20(27)11-17-13(3)16-10-18-15-8-6-7-9-19(15)31-23(18)14(4)22(16)32-25(17)30/h10,12,21H,5-9,11H2,1-4H3,(H,26,27)(H,28,29). The third kappa shape index (κ3) is 3.70. The third-order valence-electron chi connectivity index (χ3n) is 6.86. The normalized spacial score (nSPS) is 15.5. The Bertz CT molecular complexity index is 1280. The van der Waals surface area contributed by atoms with Gasteiger partial charge in [0.2, 0.25) is 5.91 Å². The lowest BCUT2D eigenvalue weighted by Gasteiger charge is -2.20. The molecule has 7 nitrogen and oxygen atoms in total. The van der Waals surface area contributed by atoms with Crippen molar-refractivity contribution in [1.29, 1.82) is 0 Å². The Morgan fingerprint density at radius 2 is 1.78 bits per heavy atom. The number of furan rings is 1. The van der Waals surface area contributed by atoms with Gasteiger partial charge in [0.25, 0.3) is 0 Å². The highest BCUT2D eigenvalue weighted by Crippen LogP contribution is 2.37. The monoisotopic (exact) mass is 439 g/mol. The van der Waals surface area contributed by atoms with Crippen LogP contribution in [0.5, 0.6) is 0 Å². The van der Waals surface area contributed by atoms with Gasteiger partial charge in [-0.1, -0.05) is 20.3 Å². The number of aliphatic carboxylic acids is 1. The van der Waals surface area contributed by atoms with E-state index in [2.05, 4.69) is 5.32 Å². The van der Waals surface area contributed by atoms with Crippen LogP contribution in [-0.4, -0.2) is 23.0 Å². The highest BCUT2D eigenvalue weighted by molar-refractivity contribution is 6.00. The molecule has 0 aliphatic heterocycles. The Labute approximate surface area is 185 Å². The van der Waals surface area contributed by atoms with E-state index in [-0.39, 0.29) is 17.9 Å². The van der Waals surface area contributed by atoms with Gasteiger partial charge in [-0.2, -0.15) is 0 Å². The molecule has 2 unspecified atom stereocenters. The lowest BCUT2D eigenvalue weighted by atomic mass is 9.93. The predicted octanol–water partition coefficient (Wildman–Crippen LogP) is 4.19. The van der Waals surface area contributed by atoms with Crippen molar-refractivity contribution in [3.05, 3.63) is 44.5 Å². The summed E-state index contributed by atoms with van der Waals surface area (Å²) in [5.41, 5.74) is 3.58. The Kier molecular flexibility index (Phi) is 5.84. The van der Waals surface area contributed by atoms with Crippen LogP contribution in [0.2, 0.25) is 0 Å². The molecule has 1 aliphatic rings. The SMILES string of the molecule is CCC(C)C(NC(=O)Cc1c(C)c2cc3c4c(oc3c(C)c2oc1=O)CCCC4)C(=O)O. The summed E-state index contributed by atoms with van der Waals surface area (Å²) in [5.74, 6) is -0.813. The van der Waals surface area contributed by atoms with Crippen LogP contribution in [-0.2, 0) is 28.9 Å². The number of carboxylic acid groups (broad SMARTS) is 1. The van der Waals surface area contributed by atoms with Crippen molar-refractivity contribution in [1.82, 2.24) is 5.32 Å². The van der Waals surface area contributed by atoms with Gasteiger partial charge in [0.1, 0.15) is 23.0 Å². The number of carboxylic acids is 1. The van der Waals surface area contributed by atoms with Gasteiger partial charge in [0.05, 0.1) is 12.0 Å². The van der Waals surface area contributed by atoms with Crippen molar-refractivity contribution < 1.29 is 23.5 Å². The van der Waals surface area contributed by atoms with Crippen molar-refractivity contribution in [3.8, 4) is 0 Å². The Balaban J connectivity index is 1.76. The number of amides is 1. The van der Waals surface area contributed by atoms with E-state index in [0.717, 1.165) is 53.4 Å². The van der Waals surface area contributed by atoms with Crippen molar-refractivity contribution in [3.63, 3.8) is 0 Å². The number of benzene rings is 1. The lowest BCUT2D eigenvalue weighted by molar-refractivity contribution is -0.143. The maximum absolute atomic E-state index is 12.8. The molecule has 7 heteroatoms. The van der Waals surface area contributed by atoms with Crippen molar-refractivity contribution in [2.24, 2.45) is 5.92 Å². The maximum atomic E-state index is 12.8. The molecule has 4 rings (SSSR count). The zero-order valence-electron chi connectivity index (χ0n) is 19.0. The molecule has 2 atom stereocenters. The van der Waals surface area contributed by atoms with Gasteiger partial charge in [-0.25, -0.2) is 9.59 Å². The number of fused-ring (bicyclic) bond motifs is 4. The Morgan fingerprint density at radius 3 is 2.47 bits per heavy atom. The molecular weight excluding hydrogens is 410 g/mol. The summed E-state index contributed by atoms with van der Waals surface area (Å²) in [7, 11) is 0. The average Bonchev–Trinajstić information content (AvgIpc) is 3.14. The summed E-state index contributed by atoms with van der Waals surface area (Å²) in [4.78, 5) is 37.0. The van der Waals surface area contributed by atoms with E-state index in [0.29, 0.717) is 17.6 Å². The molecule has 2 heterocycles. The van der Waals surface area contributed by atoms with Crippen LogP contribution in [0, 0.1) is 19.8 Å². The molecule has 0 fully saturated rings. The van der Waals surface area contributed by atoms with Crippen LogP contribution in [0.25, 0.3) is 21.9 Å². The van der Waals surface area contributed by atoms with Crippen molar-refractivity contribution >= 4 is 33.8 Å². The summed E-state index contributed by atoms with van der Waals surface area (Å²) >= 11 is 0. The number of hydrogen-bond donors (Lipinski definition) is 2. The summed E-state index contributed by atoms with van der Waals surface area (Å²) in [6, 6.07) is 1.00. The summed E-state index contributed by atoms with van der Waals surface area (Å²) in [6.07, 6.45) is 4.48. The molecule has 0 radical (unpaired) electrons. The van der Waals surface area contributed by atoms with Crippen LogP contribution in [0.3, 0.4) is 0 Å². The quantitative estimate of drug-likeness (QED) is 0.557. The Morgan fingerprint density at radius 1 is 1.09 bits per heavy atom. The fourth-order valence-corrected chi connectivity index (χ4v) is 4.69. The van der Waals surface area contributed by atoms with E-state index in [4.69, 9.17) is 8.83 Å². The Hall–Kier alpha value is -3.09. The molecule has 32 heavy (non-hydrogen) atoms. The van der Waals surface area contributed by atoms with E-state index in [1.54, 1.807) is 6.92 Å². The number of nitrogens with one attached hydrogen (secondary N) is 1. The molecule has 0 saturated heterocycles. The molecule has 1 amide bonds. The lowest BCUT2D eigenvalue weighted by Crippen LogP contribution is -2.45. The summed E-state index contributed by atoms with van der Waals surface area (Å²) < 4.78 is 11.8. The van der Waals surface area contributed by atoms with Crippen LogP contribution >= 0.6 is 0 Å². The van der Waals surface area contributed by atoms with Crippen LogP contribution in [0.1, 0.15) is 61.1 Å². The van der Waals surface area contributed by atoms with E-state index in [1.165, 1.54) is 5.56 Å². The van der Waals surface area contributed by atoms with Crippen LogP contribution < -0.4 is 10.9 Å². The van der Waals surface area contributed by atoms with Crippen LogP contribution in [0.15, 0.2) is 19.7 Å². The highest BCUT2D eigenvalue weighted by Gasteiger charge is 2.27. The minimum absolute atomic E-state index is 0.228. The second-order valence-electron chi connectivity index (χ2n) is 8.90. The van der Waals surface area contributed by atoms with Gasteiger partial charge in [0, 0.05) is 28.3 Å².